The first-order valence-corrected chi connectivity index (χ1v) is 7.16. The summed E-state index contributed by atoms with van der Waals surface area (Å²) in [6.07, 6.45) is 0. The molecule has 0 atom stereocenters. The van der Waals surface area contributed by atoms with Crippen molar-refractivity contribution in [2.24, 2.45) is 0 Å². The van der Waals surface area contributed by atoms with Gasteiger partial charge >= 0.3 is 0 Å². The molecule has 0 aliphatic rings. The molecule has 0 fully saturated rings. The van der Waals surface area contributed by atoms with Crippen molar-refractivity contribution in [3.8, 4) is 5.75 Å². The van der Waals surface area contributed by atoms with E-state index in [1.54, 1.807) is 30.3 Å². The first kappa shape index (κ1) is 14.7. The van der Waals surface area contributed by atoms with Crippen LogP contribution in [0.1, 0.15) is 4.79 Å². The summed E-state index contributed by atoms with van der Waals surface area (Å²) < 4.78 is 6.76. The molecule has 0 aliphatic heterocycles. The molecule has 2 aromatic carbocycles. The van der Waals surface area contributed by atoms with Crippen molar-refractivity contribution in [1.82, 2.24) is 9.55 Å². The van der Waals surface area contributed by atoms with Crippen molar-refractivity contribution in [3.63, 3.8) is 0 Å². The second-order valence-electron chi connectivity index (χ2n) is 4.55. The molecule has 0 saturated carbocycles. The van der Waals surface area contributed by atoms with Gasteiger partial charge in [-0.2, -0.15) is 0 Å². The maximum absolute atomic E-state index is 12.3. The number of nitrogen functional groups attached to an aromatic ring is 1. The van der Waals surface area contributed by atoms with Gasteiger partial charge in [0.1, 0.15) is 5.75 Å². The maximum atomic E-state index is 12.3. The number of halogens is 2. The van der Waals surface area contributed by atoms with Crippen LogP contribution in [0.15, 0.2) is 42.5 Å². The Kier molecular flexibility index (Phi) is 3.92. The van der Waals surface area contributed by atoms with Crippen LogP contribution in [0.25, 0.3) is 11.0 Å². The zero-order valence-electron chi connectivity index (χ0n) is 11.3. The SMILES string of the molecule is Nc1nc2ccccc2n1C(=O)COc1ccc(Cl)cc1Cl. The highest BCUT2D eigenvalue weighted by Crippen LogP contribution is 2.27. The van der Waals surface area contributed by atoms with E-state index < -0.39 is 0 Å². The van der Waals surface area contributed by atoms with Crippen LogP contribution >= 0.6 is 23.2 Å². The van der Waals surface area contributed by atoms with Crippen molar-refractivity contribution in [3.05, 3.63) is 52.5 Å². The molecule has 1 heterocycles. The third-order valence-corrected chi connectivity index (χ3v) is 3.61. The van der Waals surface area contributed by atoms with Crippen molar-refractivity contribution in [2.75, 3.05) is 12.3 Å². The van der Waals surface area contributed by atoms with Crippen LogP contribution in [0, 0.1) is 0 Å². The lowest BCUT2D eigenvalue weighted by molar-refractivity contribution is 0.0845. The Morgan fingerprint density at radius 2 is 2.00 bits per heavy atom. The van der Waals surface area contributed by atoms with E-state index in [1.165, 1.54) is 4.57 Å². The fourth-order valence-corrected chi connectivity index (χ4v) is 2.57. The number of nitrogens with two attached hydrogens (primary N) is 1. The molecule has 22 heavy (non-hydrogen) atoms. The molecule has 0 aliphatic carbocycles. The van der Waals surface area contributed by atoms with Gasteiger partial charge in [-0.15, -0.1) is 0 Å². The lowest BCUT2D eigenvalue weighted by atomic mass is 10.3. The quantitative estimate of drug-likeness (QED) is 0.793. The fraction of sp³-hybridized carbons (Fsp3) is 0.0667. The molecular formula is C15H11Cl2N3O2. The van der Waals surface area contributed by atoms with Gasteiger partial charge in [-0.3, -0.25) is 4.79 Å². The summed E-state index contributed by atoms with van der Waals surface area (Å²) in [4.78, 5) is 16.5. The zero-order valence-corrected chi connectivity index (χ0v) is 12.8. The predicted octanol–water partition coefficient (Wildman–Crippen LogP) is 3.64. The average Bonchev–Trinajstić information content (AvgIpc) is 2.82. The zero-order chi connectivity index (χ0) is 15.7. The summed E-state index contributed by atoms with van der Waals surface area (Å²) in [6, 6.07) is 12.0. The number of nitrogens with zero attached hydrogens (tertiary/aromatic N) is 2. The van der Waals surface area contributed by atoms with Crippen LogP contribution < -0.4 is 10.5 Å². The van der Waals surface area contributed by atoms with Gasteiger partial charge < -0.3 is 10.5 Å². The van der Waals surface area contributed by atoms with Crippen molar-refractivity contribution < 1.29 is 9.53 Å². The third-order valence-electron chi connectivity index (χ3n) is 3.08. The smallest absolute Gasteiger partial charge is 0.271 e. The molecule has 0 unspecified atom stereocenters. The van der Waals surface area contributed by atoms with Gasteiger partial charge in [0.2, 0.25) is 5.95 Å². The largest absolute Gasteiger partial charge is 0.482 e. The maximum Gasteiger partial charge on any atom is 0.271 e. The minimum Gasteiger partial charge on any atom is -0.482 e. The van der Waals surface area contributed by atoms with Gasteiger partial charge in [0.25, 0.3) is 5.91 Å². The monoisotopic (exact) mass is 335 g/mol. The van der Waals surface area contributed by atoms with Crippen molar-refractivity contribution in [1.29, 1.82) is 0 Å². The van der Waals surface area contributed by atoms with Crippen LogP contribution in [-0.4, -0.2) is 22.1 Å². The average molecular weight is 336 g/mol. The second kappa shape index (κ2) is 5.87. The molecule has 3 aromatic rings. The van der Waals surface area contributed by atoms with Gasteiger partial charge in [0.15, 0.2) is 6.61 Å². The molecule has 3 rings (SSSR count). The third kappa shape index (κ3) is 2.73. The van der Waals surface area contributed by atoms with E-state index >= 15 is 0 Å². The Labute approximate surface area is 136 Å². The molecule has 7 heteroatoms. The van der Waals surface area contributed by atoms with E-state index in [9.17, 15) is 4.79 Å². The number of imidazole rings is 1. The van der Waals surface area contributed by atoms with E-state index in [0.29, 0.717) is 26.8 Å². The van der Waals surface area contributed by atoms with Crippen LogP contribution in [0.5, 0.6) is 5.75 Å². The molecule has 1 aromatic heterocycles. The molecule has 0 amide bonds. The molecule has 0 radical (unpaired) electrons. The summed E-state index contributed by atoms with van der Waals surface area (Å²) in [5, 5.41) is 0.831. The molecule has 112 valence electrons. The number of ether oxygens (including phenoxy) is 1. The van der Waals surface area contributed by atoms with E-state index in [1.807, 2.05) is 12.1 Å². The number of hydrogen-bond donors (Lipinski definition) is 1. The molecule has 0 spiro atoms. The number of carbonyl (C=O) groups excluding carboxylic acids is 1. The fourth-order valence-electron chi connectivity index (χ4n) is 2.10. The lowest BCUT2D eigenvalue weighted by Crippen LogP contribution is -2.21. The summed E-state index contributed by atoms with van der Waals surface area (Å²) in [7, 11) is 0. The highest BCUT2D eigenvalue weighted by atomic mass is 35.5. The highest BCUT2D eigenvalue weighted by molar-refractivity contribution is 6.35. The van der Waals surface area contributed by atoms with E-state index in [-0.39, 0.29) is 18.5 Å². The Morgan fingerprint density at radius 3 is 2.77 bits per heavy atom. The Bertz CT molecular complexity index is 861. The highest BCUT2D eigenvalue weighted by Gasteiger charge is 2.15. The number of aromatic nitrogens is 2. The number of benzene rings is 2. The van der Waals surface area contributed by atoms with E-state index in [0.717, 1.165) is 0 Å². The molecular weight excluding hydrogens is 325 g/mol. The topological polar surface area (TPSA) is 70.1 Å². The molecule has 0 bridgehead atoms. The lowest BCUT2D eigenvalue weighted by Gasteiger charge is -2.09. The normalized spacial score (nSPS) is 10.8. The molecule has 5 nitrogen and oxygen atoms in total. The first-order valence-electron chi connectivity index (χ1n) is 6.40. The van der Waals surface area contributed by atoms with Crippen molar-refractivity contribution >= 4 is 46.1 Å². The van der Waals surface area contributed by atoms with Crippen LogP contribution in [0.2, 0.25) is 10.0 Å². The first-order chi connectivity index (χ1) is 10.6. The molecule has 2 N–H and O–H groups in total. The minimum atomic E-state index is -0.336. The number of anilines is 1. The Morgan fingerprint density at radius 1 is 1.23 bits per heavy atom. The number of hydrogen-bond acceptors (Lipinski definition) is 4. The Balaban J connectivity index is 1.83. The second-order valence-corrected chi connectivity index (χ2v) is 5.39. The van der Waals surface area contributed by atoms with Crippen LogP contribution in [-0.2, 0) is 0 Å². The predicted molar refractivity (Wildman–Crippen MR) is 86.7 cm³/mol. The van der Waals surface area contributed by atoms with Gasteiger partial charge in [-0.05, 0) is 30.3 Å². The number of fused-ring (bicyclic) bond motifs is 1. The number of carbonyl (C=O) groups is 1. The van der Waals surface area contributed by atoms with E-state index in [4.69, 9.17) is 33.7 Å². The van der Waals surface area contributed by atoms with Crippen molar-refractivity contribution in [2.45, 2.75) is 0 Å². The van der Waals surface area contributed by atoms with Gasteiger partial charge in [0, 0.05) is 5.02 Å². The van der Waals surface area contributed by atoms with Crippen LogP contribution in [0.3, 0.4) is 0 Å². The van der Waals surface area contributed by atoms with Gasteiger partial charge in [0.05, 0.1) is 16.1 Å². The summed E-state index contributed by atoms with van der Waals surface area (Å²) in [5.74, 6) is 0.164. The number of para-hydroxylation sites is 2. The summed E-state index contributed by atoms with van der Waals surface area (Å²) >= 11 is 11.8. The number of rotatable bonds is 3. The van der Waals surface area contributed by atoms with Crippen LogP contribution in [0.4, 0.5) is 5.95 Å². The van der Waals surface area contributed by atoms with E-state index in [2.05, 4.69) is 4.98 Å². The van der Waals surface area contributed by atoms with Gasteiger partial charge in [-0.1, -0.05) is 35.3 Å². The standard InChI is InChI=1S/C15H11Cl2N3O2/c16-9-5-6-13(10(17)7-9)22-8-14(21)20-12-4-2-1-3-11(12)19-15(20)18/h1-7H,8H2,(H2,18,19). The summed E-state index contributed by atoms with van der Waals surface area (Å²) in [5.41, 5.74) is 7.09. The minimum absolute atomic E-state index is 0.122. The Hall–Kier alpha value is -2.24. The van der Waals surface area contributed by atoms with Gasteiger partial charge in [-0.25, -0.2) is 9.55 Å². The molecule has 0 saturated heterocycles. The summed E-state index contributed by atoms with van der Waals surface area (Å²) in [6.45, 7) is -0.216.